The molecule has 0 unspecified atom stereocenters. The van der Waals surface area contributed by atoms with Crippen LogP contribution in [-0.4, -0.2) is 26.1 Å². The molecule has 3 N–H and O–H groups in total. The quantitative estimate of drug-likeness (QED) is 0.265. The molecule has 0 saturated heterocycles. The molecule has 1 heterocycles. The summed E-state index contributed by atoms with van der Waals surface area (Å²) in [4.78, 5) is 38.1. The molecule has 2 aromatic carbocycles. The van der Waals surface area contributed by atoms with Crippen LogP contribution in [0.2, 0.25) is 5.02 Å². The van der Waals surface area contributed by atoms with E-state index in [-0.39, 0.29) is 28.3 Å². The Kier molecular flexibility index (Phi) is 6.15. The molecule has 0 aliphatic heterocycles. The highest BCUT2D eigenvalue weighted by atomic mass is 35.5. The zero-order chi connectivity index (χ0) is 21.0. The highest BCUT2D eigenvalue weighted by molar-refractivity contribution is 7.99. The van der Waals surface area contributed by atoms with E-state index in [1.54, 1.807) is 28.8 Å². The Labute approximate surface area is 173 Å². The summed E-state index contributed by atoms with van der Waals surface area (Å²) >= 11 is 6.94. The van der Waals surface area contributed by atoms with Crippen molar-refractivity contribution in [3.05, 3.63) is 80.1 Å². The van der Waals surface area contributed by atoms with Gasteiger partial charge in [0, 0.05) is 34.6 Å². The molecule has 0 saturated carbocycles. The number of nitrogens with two attached hydrogens (primary N) is 1. The van der Waals surface area contributed by atoms with Crippen molar-refractivity contribution in [2.24, 2.45) is 0 Å². The van der Waals surface area contributed by atoms with E-state index in [0.717, 1.165) is 11.8 Å². The number of amides is 1. The summed E-state index contributed by atoms with van der Waals surface area (Å²) in [5, 5.41) is 14.1. The molecule has 1 aromatic heterocycles. The molecule has 0 aliphatic carbocycles. The molecule has 0 radical (unpaired) electrons. The Hall–Kier alpha value is -3.37. The molecule has 148 valence electrons. The van der Waals surface area contributed by atoms with Gasteiger partial charge >= 0.3 is 0 Å². The van der Waals surface area contributed by atoms with Gasteiger partial charge in [-0.3, -0.25) is 24.3 Å². The lowest BCUT2D eigenvalue weighted by molar-refractivity contribution is -0.384. The fourth-order valence-electron chi connectivity index (χ4n) is 2.42. The van der Waals surface area contributed by atoms with E-state index in [4.69, 9.17) is 17.3 Å². The van der Waals surface area contributed by atoms with Crippen molar-refractivity contribution in [3.63, 3.8) is 0 Å². The van der Waals surface area contributed by atoms with Gasteiger partial charge in [-0.05, 0) is 36.4 Å². The van der Waals surface area contributed by atoms with E-state index in [1.165, 1.54) is 30.3 Å². The second-order valence-electron chi connectivity index (χ2n) is 5.75. The van der Waals surface area contributed by atoms with Crippen molar-refractivity contribution in [3.8, 4) is 5.69 Å². The third-order valence-electron chi connectivity index (χ3n) is 3.71. The number of nitro benzene ring substituents is 1. The normalized spacial score (nSPS) is 10.5. The van der Waals surface area contributed by atoms with Gasteiger partial charge in [0.15, 0.2) is 5.16 Å². The number of halogens is 1. The fourth-order valence-corrected chi connectivity index (χ4v) is 3.37. The number of carbonyl (C=O) groups is 1. The number of nitrogen functional groups attached to an aromatic ring is 1. The fraction of sp³-hybridized carbons (Fsp3) is 0.0556. The van der Waals surface area contributed by atoms with Crippen molar-refractivity contribution in [2.75, 3.05) is 16.8 Å². The van der Waals surface area contributed by atoms with Crippen LogP contribution in [0.3, 0.4) is 0 Å². The van der Waals surface area contributed by atoms with Crippen LogP contribution < -0.4 is 16.6 Å². The minimum Gasteiger partial charge on any atom is -0.385 e. The maximum Gasteiger partial charge on any atom is 0.275 e. The topological polar surface area (TPSA) is 133 Å². The highest BCUT2D eigenvalue weighted by Gasteiger charge is 2.13. The summed E-state index contributed by atoms with van der Waals surface area (Å²) in [6.45, 7) is 0. The largest absolute Gasteiger partial charge is 0.385 e. The summed E-state index contributed by atoms with van der Waals surface area (Å²) in [5.74, 6) is -0.255. The summed E-state index contributed by atoms with van der Waals surface area (Å²) < 4.78 is 1.54. The average molecular weight is 432 g/mol. The number of thioether (sulfide) groups is 1. The molecule has 29 heavy (non-hydrogen) atoms. The molecule has 3 rings (SSSR count). The van der Waals surface area contributed by atoms with Crippen molar-refractivity contribution < 1.29 is 9.72 Å². The number of rotatable bonds is 6. The number of hydrogen-bond donors (Lipinski definition) is 2. The van der Waals surface area contributed by atoms with Crippen LogP contribution in [0.25, 0.3) is 5.69 Å². The van der Waals surface area contributed by atoms with Crippen LogP contribution in [0, 0.1) is 10.1 Å². The summed E-state index contributed by atoms with van der Waals surface area (Å²) in [7, 11) is 0. The van der Waals surface area contributed by atoms with Crippen molar-refractivity contribution >= 4 is 46.5 Å². The van der Waals surface area contributed by atoms with Crippen LogP contribution in [0.4, 0.5) is 17.2 Å². The van der Waals surface area contributed by atoms with E-state index >= 15 is 0 Å². The van der Waals surface area contributed by atoms with Gasteiger partial charge < -0.3 is 11.1 Å². The van der Waals surface area contributed by atoms with Gasteiger partial charge in [-0.2, -0.15) is 4.98 Å². The Morgan fingerprint density at radius 1 is 1.21 bits per heavy atom. The predicted octanol–water partition coefficient (Wildman–Crippen LogP) is 3.11. The van der Waals surface area contributed by atoms with Gasteiger partial charge in [-0.25, -0.2) is 0 Å². The lowest BCUT2D eigenvalue weighted by atomic mass is 10.3. The first-order valence-electron chi connectivity index (χ1n) is 8.16. The highest BCUT2D eigenvalue weighted by Crippen LogP contribution is 2.24. The van der Waals surface area contributed by atoms with E-state index < -0.39 is 10.5 Å². The lowest BCUT2D eigenvalue weighted by Crippen LogP contribution is -2.19. The van der Waals surface area contributed by atoms with Crippen LogP contribution in [0.1, 0.15) is 0 Å². The van der Waals surface area contributed by atoms with Crippen LogP contribution in [-0.2, 0) is 4.79 Å². The van der Waals surface area contributed by atoms with Gasteiger partial charge in [0.2, 0.25) is 5.91 Å². The van der Waals surface area contributed by atoms with E-state index in [0.29, 0.717) is 16.4 Å². The number of benzene rings is 2. The number of nitrogens with zero attached hydrogens (tertiary/aromatic N) is 3. The first kappa shape index (κ1) is 20.4. The van der Waals surface area contributed by atoms with Crippen LogP contribution in [0.15, 0.2) is 64.5 Å². The number of nitrogens with one attached hydrogen (secondary N) is 1. The van der Waals surface area contributed by atoms with Gasteiger partial charge in [0.05, 0.1) is 10.7 Å². The Bertz CT molecular complexity index is 1120. The number of carbonyl (C=O) groups excluding carboxylic acids is 1. The minimum absolute atomic E-state index is 0.0551. The summed E-state index contributed by atoms with van der Waals surface area (Å²) in [6.07, 6.45) is 0. The first-order chi connectivity index (χ1) is 13.8. The number of anilines is 2. The Morgan fingerprint density at radius 3 is 2.48 bits per heavy atom. The van der Waals surface area contributed by atoms with Gasteiger partial charge in [-0.15, -0.1) is 0 Å². The zero-order valence-electron chi connectivity index (χ0n) is 14.7. The number of nitro groups is 1. The van der Waals surface area contributed by atoms with Gasteiger partial charge in [-0.1, -0.05) is 23.4 Å². The SMILES string of the molecule is Nc1cc(=O)nc(SCC(=O)Nc2ccc([N+](=O)[O-])cc2)n1-c1ccc(Cl)cc1. The monoisotopic (exact) mass is 431 g/mol. The average Bonchev–Trinajstić information content (AvgIpc) is 2.67. The molecular formula is C18H14ClN5O4S. The van der Waals surface area contributed by atoms with E-state index in [2.05, 4.69) is 10.3 Å². The third kappa shape index (κ3) is 5.12. The molecule has 9 nitrogen and oxygen atoms in total. The second kappa shape index (κ2) is 8.76. The van der Waals surface area contributed by atoms with Crippen molar-refractivity contribution in [1.29, 1.82) is 0 Å². The molecule has 0 aliphatic rings. The summed E-state index contributed by atoms with van der Waals surface area (Å²) in [6, 6.07) is 13.4. The maximum atomic E-state index is 12.2. The maximum absolute atomic E-state index is 12.2. The molecule has 1 amide bonds. The predicted molar refractivity (Wildman–Crippen MR) is 112 cm³/mol. The molecule has 11 heteroatoms. The van der Waals surface area contributed by atoms with E-state index in [1.807, 2.05) is 0 Å². The minimum atomic E-state index is -0.525. The van der Waals surface area contributed by atoms with Gasteiger partial charge in [0.25, 0.3) is 11.2 Å². The first-order valence-corrected chi connectivity index (χ1v) is 9.52. The van der Waals surface area contributed by atoms with Crippen LogP contribution in [0.5, 0.6) is 0 Å². The van der Waals surface area contributed by atoms with Crippen molar-refractivity contribution in [2.45, 2.75) is 5.16 Å². The summed E-state index contributed by atoms with van der Waals surface area (Å²) in [5.41, 5.74) is 6.43. The molecule has 0 spiro atoms. The molecule has 0 atom stereocenters. The Balaban J connectivity index is 1.76. The Morgan fingerprint density at radius 2 is 1.86 bits per heavy atom. The lowest BCUT2D eigenvalue weighted by Gasteiger charge is -2.14. The molecule has 3 aromatic rings. The smallest absolute Gasteiger partial charge is 0.275 e. The van der Waals surface area contributed by atoms with E-state index in [9.17, 15) is 19.7 Å². The molecule has 0 bridgehead atoms. The number of hydrogen-bond acceptors (Lipinski definition) is 7. The molecular weight excluding hydrogens is 418 g/mol. The van der Waals surface area contributed by atoms with Gasteiger partial charge in [0.1, 0.15) is 5.82 Å². The number of non-ortho nitro benzene ring substituents is 1. The van der Waals surface area contributed by atoms with Crippen LogP contribution >= 0.6 is 23.4 Å². The molecule has 0 fully saturated rings. The second-order valence-corrected chi connectivity index (χ2v) is 7.13. The standard InChI is InChI=1S/C18H14ClN5O4S/c19-11-1-5-13(6-2-11)23-15(20)9-16(25)22-18(23)29-10-17(26)21-12-3-7-14(8-4-12)24(27)28/h1-9H,10,20H2,(H,21,26). The number of aromatic nitrogens is 2. The third-order valence-corrected chi connectivity index (χ3v) is 4.90. The zero-order valence-corrected chi connectivity index (χ0v) is 16.3. The van der Waals surface area contributed by atoms with Crippen molar-refractivity contribution in [1.82, 2.24) is 9.55 Å².